The van der Waals surface area contributed by atoms with Crippen LogP contribution in [0.5, 0.6) is 0 Å². The largest absolute Gasteiger partial charge is 0.468 e. The standard InChI is InChI=1S/C9H11BrClNO2S/c1-14-9(13)7(11)4-12-5-8-6(10)2-3-15-8/h2-3,7,12H,4-5H2,1H3. The van der Waals surface area contributed by atoms with Crippen LogP contribution in [0.1, 0.15) is 4.88 Å². The zero-order chi connectivity index (χ0) is 11.3. The first-order chi connectivity index (χ1) is 7.15. The van der Waals surface area contributed by atoms with Crippen molar-refractivity contribution in [3.8, 4) is 0 Å². The van der Waals surface area contributed by atoms with E-state index in [-0.39, 0.29) is 0 Å². The van der Waals surface area contributed by atoms with Gasteiger partial charge in [0.1, 0.15) is 5.38 Å². The van der Waals surface area contributed by atoms with Crippen LogP contribution in [0.25, 0.3) is 0 Å². The molecule has 6 heteroatoms. The van der Waals surface area contributed by atoms with Gasteiger partial charge < -0.3 is 10.1 Å². The Bertz CT molecular complexity index is 332. The van der Waals surface area contributed by atoms with E-state index in [1.165, 1.54) is 12.0 Å². The summed E-state index contributed by atoms with van der Waals surface area (Å²) in [5.74, 6) is -0.408. The third-order valence-corrected chi connectivity index (χ3v) is 4.02. The molecular formula is C9H11BrClNO2S. The number of hydrogen-bond acceptors (Lipinski definition) is 4. The Morgan fingerprint density at radius 1 is 1.80 bits per heavy atom. The average molecular weight is 313 g/mol. The molecule has 0 radical (unpaired) electrons. The van der Waals surface area contributed by atoms with Gasteiger partial charge in [0.05, 0.1) is 7.11 Å². The van der Waals surface area contributed by atoms with E-state index in [9.17, 15) is 4.79 Å². The van der Waals surface area contributed by atoms with Crippen molar-refractivity contribution in [2.75, 3.05) is 13.7 Å². The maximum atomic E-state index is 11.0. The van der Waals surface area contributed by atoms with E-state index in [0.717, 1.165) is 4.47 Å². The first-order valence-corrected chi connectivity index (χ1v) is 6.40. The minimum atomic E-state index is -0.631. The number of ether oxygens (including phenoxy) is 1. The van der Waals surface area contributed by atoms with Crippen LogP contribution in [0.2, 0.25) is 0 Å². The highest BCUT2D eigenvalue weighted by Gasteiger charge is 2.14. The summed E-state index contributed by atoms with van der Waals surface area (Å²) in [5.41, 5.74) is 0. The van der Waals surface area contributed by atoms with Gasteiger partial charge in [-0.3, -0.25) is 4.79 Å². The van der Waals surface area contributed by atoms with Crippen molar-refractivity contribution < 1.29 is 9.53 Å². The zero-order valence-corrected chi connectivity index (χ0v) is 11.3. The Hall–Kier alpha value is -0.100. The number of esters is 1. The first-order valence-electron chi connectivity index (χ1n) is 4.29. The lowest BCUT2D eigenvalue weighted by atomic mass is 10.4. The van der Waals surface area contributed by atoms with Crippen LogP contribution in [-0.2, 0) is 16.1 Å². The molecule has 0 aliphatic rings. The van der Waals surface area contributed by atoms with Gasteiger partial charge in [-0.2, -0.15) is 0 Å². The highest BCUT2D eigenvalue weighted by atomic mass is 79.9. The lowest BCUT2D eigenvalue weighted by Crippen LogP contribution is -2.29. The second kappa shape index (κ2) is 6.48. The normalized spacial score (nSPS) is 12.5. The van der Waals surface area contributed by atoms with Crippen molar-refractivity contribution in [3.63, 3.8) is 0 Å². The quantitative estimate of drug-likeness (QED) is 0.670. The van der Waals surface area contributed by atoms with Gasteiger partial charge >= 0.3 is 5.97 Å². The highest BCUT2D eigenvalue weighted by Crippen LogP contribution is 2.22. The Morgan fingerprint density at radius 2 is 2.53 bits per heavy atom. The maximum absolute atomic E-state index is 11.0. The van der Waals surface area contributed by atoms with Crippen molar-refractivity contribution in [2.45, 2.75) is 11.9 Å². The number of alkyl halides is 1. The van der Waals surface area contributed by atoms with E-state index in [0.29, 0.717) is 13.1 Å². The minimum Gasteiger partial charge on any atom is -0.468 e. The van der Waals surface area contributed by atoms with E-state index >= 15 is 0 Å². The van der Waals surface area contributed by atoms with Crippen molar-refractivity contribution in [1.29, 1.82) is 0 Å². The lowest BCUT2D eigenvalue weighted by Gasteiger charge is -2.08. The van der Waals surface area contributed by atoms with Crippen LogP contribution in [0.3, 0.4) is 0 Å². The number of methoxy groups -OCH3 is 1. The van der Waals surface area contributed by atoms with Crippen molar-refractivity contribution in [3.05, 3.63) is 20.8 Å². The lowest BCUT2D eigenvalue weighted by molar-refractivity contribution is -0.140. The minimum absolute atomic E-state index is 0.401. The Balaban J connectivity index is 2.28. The average Bonchev–Trinajstić information content (AvgIpc) is 2.63. The van der Waals surface area contributed by atoms with Crippen LogP contribution < -0.4 is 5.32 Å². The van der Waals surface area contributed by atoms with E-state index in [4.69, 9.17) is 11.6 Å². The third kappa shape index (κ3) is 4.10. The number of rotatable bonds is 5. The summed E-state index contributed by atoms with van der Waals surface area (Å²) in [6, 6.07) is 1.99. The highest BCUT2D eigenvalue weighted by molar-refractivity contribution is 9.10. The molecule has 15 heavy (non-hydrogen) atoms. The molecule has 1 rings (SSSR count). The summed E-state index contributed by atoms with van der Waals surface area (Å²) in [5, 5.41) is 4.46. The van der Waals surface area contributed by atoms with Crippen molar-refractivity contribution in [1.82, 2.24) is 5.32 Å². The van der Waals surface area contributed by atoms with Gasteiger partial charge in [-0.05, 0) is 27.4 Å². The fraction of sp³-hybridized carbons (Fsp3) is 0.444. The fourth-order valence-corrected chi connectivity index (χ4v) is 2.64. The number of carbonyl (C=O) groups excluding carboxylic acids is 1. The van der Waals surface area contributed by atoms with Gasteiger partial charge in [-0.15, -0.1) is 22.9 Å². The molecule has 0 amide bonds. The molecule has 0 aliphatic heterocycles. The van der Waals surface area contributed by atoms with E-state index in [1.807, 2.05) is 11.4 Å². The van der Waals surface area contributed by atoms with E-state index in [2.05, 4.69) is 26.0 Å². The third-order valence-electron chi connectivity index (χ3n) is 1.76. The van der Waals surface area contributed by atoms with Gasteiger partial charge in [-0.1, -0.05) is 0 Å². The fourth-order valence-electron chi connectivity index (χ4n) is 0.975. The number of carbonyl (C=O) groups is 1. The molecule has 1 N–H and O–H groups in total. The molecule has 0 bridgehead atoms. The second-order valence-corrected chi connectivity index (χ2v) is 5.20. The maximum Gasteiger partial charge on any atom is 0.325 e. The molecule has 1 atom stereocenters. The molecule has 0 aromatic carbocycles. The van der Waals surface area contributed by atoms with Crippen LogP contribution >= 0.6 is 38.9 Å². The second-order valence-electron chi connectivity index (χ2n) is 2.81. The van der Waals surface area contributed by atoms with Crippen molar-refractivity contribution >= 4 is 44.8 Å². The smallest absolute Gasteiger partial charge is 0.325 e. The number of thiophene rings is 1. The van der Waals surface area contributed by atoms with Gasteiger partial charge in [0, 0.05) is 22.4 Å². The Labute approximate surface area is 106 Å². The Kier molecular flexibility index (Phi) is 5.60. The van der Waals surface area contributed by atoms with Gasteiger partial charge in [0.15, 0.2) is 0 Å². The summed E-state index contributed by atoms with van der Waals surface area (Å²) in [7, 11) is 1.33. The molecule has 1 aromatic heterocycles. The zero-order valence-electron chi connectivity index (χ0n) is 8.13. The predicted octanol–water partition coefficient (Wildman–Crippen LogP) is 2.38. The van der Waals surface area contributed by atoms with Gasteiger partial charge in [-0.25, -0.2) is 0 Å². The van der Waals surface area contributed by atoms with E-state index in [1.54, 1.807) is 11.3 Å². The van der Waals surface area contributed by atoms with E-state index < -0.39 is 11.3 Å². The van der Waals surface area contributed by atoms with Gasteiger partial charge in [0.25, 0.3) is 0 Å². The number of hydrogen-bond donors (Lipinski definition) is 1. The topological polar surface area (TPSA) is 38.3 Å². The van der Waals surface area contributed by atoms with Crippen LogP contribution in [0, 0.1) is 0 Å². The SMILES string of the molecule is COC(=O)C(Cl)CNCc1sccc1Br. The molecule has 3 nitrogen and oxygen atoms in total. The predicted molar refractivity (Wildman–Crippen MR) is 65.4 cm³/mol. The molecule has 0 fully saturated rings. The monoisotopic (exact) mass is 311 g/mol. The van der Waals surface area contributed by atoms with Crippen molar-refractivity contribution in [2.24, 2.45) is 0 Å². The molecular weight excluding hydrogens is 302 g/mol. The summed E-state index contributed by atoms with van der Waals surface area (Å²) in [4.78, 5) is 12.2. The molecule has 1 unspecified atom stereocenters. The molecule has 1 heterocycles. The molecule has 0 saturated carbocycles. The molecule has 0 aliphatic carbocycles. The van der Waals surface area contributed by atoms with Crippen LogP contribution in [0.4, 0.5) is 0 Å². The molecule has 84 valence electrons. The molecule has 0 spiro atoms. The van der Waals surface area contributed by atoms with Crippen LogP contribution in [0.15, 0.2) is 15.9 Å². The summed E-state index contributed by atoms with van der Waals surface area (Å²) in [6.45, 7) is 1.09. The molecule has 1 aromatic rings. The van der Waals surface area contributed by atoms with Gasteiger partial charge in [0.2, 0.25) is 0 Å². The summed E-state index contributed by atoms with van der Waals surface area (Å²) < 4.78 is 5.58. The summed E-state index contributed by atoms with van der Waals surface area (Å²) in [6.07, 6.45) is 0. The summed E-state index contributed by atoms with van der Waals surface area (Å²) >= 11 is 10.8. The first kappa shape index (κ1) is 13.0. The molecule has 0 saturated heterocycles. The number of halogens is 2. The Morgan fingerprint density at radius 3 is 3.07 bits per heavy atom. The number of nitrogens with one attached hydrogen (secondary N) is 1. The van der Waals surface area contributed by atoms with Crippen LogP contribution in [-0.4, -0.2) is 25.0 Å².